The lowest BCUT2D eigenvalue weighted by Crippen LogP contribution is -2.53. The highest BCUT2D eigenvalue weighted by Crippen LogP contribution is 2.52. The Morgan fingerprint density at radius 3 is 2.29 bits per heavy atom. The summed E-state index contributed by atoms with van der Waals surface area (Å²) < 4.78 is 0. The second-order valence-electron chi connectivity index (χ2n) is 4.43. The lowest BCUT2D eigenvalue weighted by atomic mass is 9.58. The van der Waals surface area contributed by atoms with E-state index >= 15 is 0 Å². The maximum absolute atomic E-state index is 11.6. The molecule has 0 bridgehead atoms. The first kappa shape index (κ1) is 9.72. The largest absolute Gasteiger partial charge is 0.297 e. The van der Waals surface area contributed by atoms with Crippen LogP contribution in [0.5, 0.6) is 0 Å². The Labute approximate surface area is 89.1 Å². The Balaban J connectivity index is 2.34. The summed E-state index contributed by atoms with van der Waals surface area (Å²) in [6, 6.07) is 9.86. The van der Waals surface area contributed by atoms with E-state index in [0.717, 1.165) is 5.56 Å². The number of carbonyl (C=O) groups excluding carboxylic acids is 1. The number of hydrogen-bond donors (Lipinski definition) is 0. The Kier molecular flexibility index (Phi) is 2.15. The summed E-state index contributed by atoms with van der Waals surface area (Å²) in [6.07, 6.45) is 0. The minimum Gasteiger partial charge on any atom is -0.297 e. The number of ketones is 1. The molecule has 2 unspecified atom stereocenters. The Bertz CT molecular complexity index is 356. The molecule has 0 radical (unpaired) electrons. The number of alkyl halides is 1. The third kappa shape index (κ3) is 1.19. The van der Waals surface area contributed by atoms with E-state index in [-0.39, 0.29) is 22.5 Å². The summed E-state index contributed by atoms with van der Waals surface area (Å²) in [4.78, 5) is 11.6. The van der Waals surface area contributed by atoms with Crippen LogP contribution in [0.3, 0.4) is 0 Å². The van der Waals surface area contributed by atoms with E-state index in [2.05, 4.69) is 0 Å². The highest BCUT2D eigenvalue weighted by atomic mass is 35.5. The lowest BCUT2D eigenvalue weighted by Gasteiger charge is -2.47. The van der Waals surface area contributed by atoms with Gasteiger partial charge in [-0.05, 0) is 5.56 Å². The van der Waals surface area contributed by atoms with Crippen LogP contribution in [0, 0.1) is 5.41 Å². The zero-order chi connectivity index (χ0) is 10.3. The first-order valence-electron chi connectivity index (χ1n) is 4.78. The van der Waals surface area contributed by atoms with Crippen molar-refractivity contribution in [2.45, 2.75) is 25.1 Å². The van der Waals surface area contributed by atoms with Gasteiger partial charge >= 0.3 is 0 Å². The van der Waals surface area contributed by atoms with Crippen molar-refractivity contribution < 1.29 is 4.79 Å². The van der Waals surface area contributed by atoms with Crippen LogP contribution in [-0.4, -0.2) is 11.2 Å². The van der Waals surface area contributed by atoms with Crippen LogP contribution in [0.1, 0.15) is 25.3 Å². The van der Waals surface area contributed by atoms with Gasteiger partial charge in [-0.15, -0.1) is 11.6 Å². The van der Waals surface area contributed by atoms with Gasteiger partial charge in [-0.3, -0.25) is 4.79 Å². The van der Waals surface area contributed by atoms with Gasteiger partial charge in [-0.25, -0.2) is 0 Å². The molecule has 2 atom stereocenters. The van der Waals surface area contributed by atoms with Crippen LogP contribution in [0.2, 0.25) is 0 Å². The molecule has 1 aliphatic rings. The summed E-state index contributed by atoms with van der Waals surface area (Å²) in [5.41, 5.74) is 0.972. The third-order valence-electron chi connectivity index (χ3n) is 3.06. The molecule has 0 saturated heterocycles. The zero-order valence-electron chi connectivity index (χ0n) is 8.33. The fourth-order valence-corrected chi connectivity index (χ4v) is 2.42. The van der Waals surface area contributed by atoms with Crippen LogP contribution in [0.4, 0.5) is 0 Å². The fraction of sp³-hybridized carbons (Fsp3) is 0.417. The molecule has 1 nitrogen and oxygen atoms in total. The molecule has 0 N–H and O–H groups in total. The molecular weight excluding hydrogens is 196 g/mol. The first-order valence-corrected chi connectivity index (χ1v) is 5.21. The molecule has 74 valence electrons. The summed E-state index contributed by atoms with van der Waals surface area (Å²) in [5, 5.41) is -0.326. The average Bonchev–Trinajstić information content (AvgIpc) is 2.18. The van der Waals surface area contributed by atoms with Crippen LogP contribution in [-0.2, 0) is 4.79 Å². The van der Waals surface area contributed by atoms with Crippen molar-refractivity contribution in [2.24, 2.45) is 5.41 Å². The van der Waals surface area contributed by atoms with E-state index < -0.39 is 0 Å². The van der Waals surface area contributed by atoms with E-state index in [1.807, 2.05) is 44.2 Å². The van der Waals surface area contributed by atoms with E-state index in [4.69, 9.17) is 11.6 Å². The Hall–Kier alpha value is -0.820. The molecule has 1 aromatic carbocycles. The molecular formula is C12H13ClO. The van der Waals surface area contributed by atoms with Crippen LogP contribution in [0.15, 0.2) is 30.3 Å². The van der Waals surface area contributed by atoms with Gasteiger partial charge in [0.1, 0.15) is 0 Å². The van der Waals surface area contributed by atoms with Crippen LogP contribution in [0.25, 0.3) is 0 Å². The Morgan fingerprint density at radius 1 is 1.21 bits per heavy atom. The summed E-state index contributed by atoms with van der Waals surface area (Å²) in [7, 11) is 0. The first-order chi connectivity index (χ1) is 6.55. The average molecular weight is 209 g/mol. The molecule has 0 heterocycles. The monoisotopic (exact) mass is 208 g/mol. The standard InChI is InChI=1S/C12H13ClO/c1-12(2)9(10(14)11(12)13)8-6-4-3-5-7-8/h3-7,9,11H,1-2H3. The highest BCUT2D eigenvalue weighted by molar-refractivity contribution is 6.35. The topological polar surface area (TPSA) is 17.1 Å². The third-order valence-corrected chi connectivity index (χ3v) is 3.84. The van der Waals surface area contributed by atoms with E-state index in [1.54, 1.807) is 0 Å². The van der Waals surface area contributed by atoms with Crippen molar-refractivity contribution in [1.82, 2.24) is 0 Å². The van der Waals surface area contributed by atoms with Gasteiger partial charge < -0.3 is 0 Å². The van der Waals surface area contributed by atoms with Gasteiger partial charge in [0.05, 0.1) is 11.3 Å². The van der Waals surface area contributed by atoms with Crippen LogP contribution < -0.4 is 0 Å². The molecule has 1 fully saturated rings. The quantitative estimate of drug-likeness (QED) is 0.649. The lowest BCUT2D eigenvalue weighted by molar-refractivity contribution is -0.133. The predicted molar refractivity (Wildman–Crippen MR) is 57.6 cm³/mol. The van der Waals surface area contributed by atoms with Crippen molar-refractivity contribution in [3.63, 3.8) is 0 Å². The van der Waals surface area contributed by atoms with E-state index in [1.165, 1.54) is 0 Å². The predicted octanol–water partition coefficient (Wildman–Crippen LogP) is 2.99. The normalized spacial score (nSPS) is 29.8. The van der Waals surface area contributed by atoms with Crippen molar-refractivity contribution in [2.75, 3.05) is 0 Å². The minimum absolute atomic E-state index is 0.0220. The van der Waals surface area contributed by atoms with Crippen molar-refractivity contribution in [3.8, 4) is 0 Å². The number of carbonyl (C=O) groups is 1. The second kappa shape index (κ2) is 3.09. The number of halogens is 1. The zero-order valence-corrected chi connectivity index (χ0v) is 9.08. The number of benzene rings is 1. The highest BCUT2D eigenvalue weighted by Gasteiger charge is 2.55. The van der Waals surface area contributed by atoms with Gasteiger partial charge in [0.15, 0.2) is 5.78 Å². The molecule has 0 aliphatic heterocycles. The molecule has 14 heavy (non-hydrogen) atoms. The molecule has 0 spiro atoms. The minimum atomic E-state index is -0.326. The second-order valence-corrected chi connectivity index (χ2v) is 4.87. The summed E-state index contributed by atoms with van der Waals surface area (Å²) >= 11 is 5.99. The van der Waals surface area contributed by atoms with Crippen molar-refractivity contribution in [3.05, 3.63) is 35.9 Å². The molecule has 2 heteroatoms. The number of hydrogen-bond acceptors (Lipinski definition) is 1. The van der Waals surface area contributed by atoms with Gasteiger partial charge in [-0.1, -0.05) is 44.2 Å². The maximum atomic E-state index is 11.6. The van der Waals surface area contributed by atoms with Crippen LogP contribution >= 0.6 is 11.6 Å². The van der Waals surface area contributed by atoms with Gasteiger partial charge in [-0.2, -0.15) is 0 Å². The maximum Gasteiger partial charge on any atom is 0.159 e. The molecule has 1 aromatic rings. The summed E-state index contributed by atoms with van der Waals surface area (Å²) in [5.74, 6) is 0.133. The van der Waals surface area contributed by atoms with Gasteiger partial charge in [0.25, 0.3) is 0 Å². The summed E-state index contributed by atoms with van der Waals surface area (Å²) in [6.45, 7) is 4.09. The fourth-order valence-electron chi connectivity index (χ4n) is 2.17. The molecule has 2 rings (SSSR count). The van der Waals surface area contributed by atoms with Crippen molar-refractivity contribution >= 4 is 17.4 Å². The van der Waals surface area contributed by atoms with Crippen molar-refractivity contribution in [1.29, 1.82) is 0 Å². The number of rotatable bonds is 1. The molecule has 1 aliphatic carbocycles. The SMILES string of the molecule is CC1(C)C(Cl)C(=O)C1c1ccccc1. The molecule has 0 amide bonds. The van der Waals surface area contributed by atoms with Gasteiger partial charge in [0.2, 0.25) is 0 Å². The van der Waals surface area contributed by atoms with E-state index in [9.17, 15) is 4.79 Å². The van der Waals surface area contributed by atoms with E-state index in [0.29, 0.717) is 0 Å². The number of Topliss-reactive ketones (excluding diaryl/α,β-unsaturated/α-hetero) is 1. The molecule has 0 aromatic heterocycles. The Morgan fingerprint density at radius 2 is 1.79 bits per heavy atom. The smallest absolute Gasteiger partial charge is 0.159 e. The van der Waals surface area contributed by atoms with Gasteiger partial charge in [0, 0.05) is 5.41 Å². The molecule has 1 saturated carbocycles.